The van der Waals surface area contributed by atoms with E-state index < -0.39 is 23.5 Å². The summed E-state index contributed by atoms with van der Waals surface area (Å²) in [6.45, 7) is 14.3. The number of hydrogen-bond donors (Lipinski definition) is 1. The van der Waals surface area contributed by atoms with Crippen molar-refractivity contribution in [3.8, 4) is 0 Å². The Kier molecular flexibility index (Phi) is 12.2. The molecule has 0 aliphatic carbocycles. The molecule has 6 heteroatoms. The lowest BCUT2D eigenvalue weighted by Gasteiger charge is -2.20. The van der Waals surface area contributed by atoms with Crippen molar-refractivity contribution in [1.29, 1.82) is 0 Å². The van der Waals surface area contributed by atoms with E-state index in [9.17, 15) is 9.59 Å². The van der Waals surface area contributed by atoms with E-state index in [-0.39, 0.29) is 0 Å². The van der Waals surface area contributed by atoms with E-state index in [1.165, 1.54) is 6.42 Å². The summed E-state index contributed by atoms with van der Waals surface area (Å²) in [5, 5.41) is 0. The van der Waals surface area contributed by atoms with Gasteiger partial charge in [-0.05, 0) is 53.7 Å². The number of benzene rings is 1. The predicted octanol–water partition coefficient (Wildman–Crippen LogP) is 5.56. The van der Waals surface area contributed by atoms with E-state index in [1.807, 2.05) is 30.3 Å². The van der Waals surface area contributed by atoms with Gasteiger partial charge in [0, 0.05) is 5.69 Å². The second-order valence-electron chi connectivity index (χ2n) is 7.15. The SMILES string of the molecule is CC(C)(C)OC(=O)OC(=O)OC(C)(C)C.CCC.Nc1ccccc1. The highest BCUT2D eigenvalue weighted by atomic mass is 16.8. The van der Waals surface area contributed by atoms with Gasteiger partial charge in [-0.15, -0.1) is 0 Å². The molecule has 0 saturated carbocycles. The van der Waals surface area contributed by atoms with Crippen LogP contribution in [0.5, 0.6) is 0 Å². The van der Waals surface area contributed by atoms with Crippen LogP contribution in [0.4, 0.5) is 15.3 Å². The Morgan fingerprint density at radius 2 is 1.16 bits per heavy atom. The Balaban J connectivity index is 0. The average molecular weight is 355 g/mol. The van der Waals surface area contributed by atoms with E-state index in [0.717, 1.165) is 5.69 Å². The molecule has 0 amide bonds. The van der Waals surface area contributed by atoms with Gasteiger partial charge in [-0.2, -0.15) is 0 Å². The average Bonchev–Trinajstić information content (AvgIpc) is 2.36. The number of carbonyl (C=O) groups is 2. The van der Waals surface area contributed by atoms with Crippen molar-refractivity contribution in [2.24, 2.45) is 0 Å². The number of anilines is 1. The summed E-state index contributed by atoms with van der Waals surface area (Å²) in [4.78, 5) is 22.0. The van der Waals surface area contributed by atoms with Crippen LogP contribution >= 0.6 is 0 Å². The van der Waals surface area contributed by atoms with Crippen LogP contribution < -0.4 is 5.73 Å². The second-order valence-corrected chi connectivity index (χ2v) is 7.15. The largest absolute Gasteiger partial charge is 0.519 e. The standard InChI is InChI=1S/C10H18O5.C6H7N.C3H8/c1-9(2,3)14-7(11)13-8(12)15-10(4,5)6;7-6-4-2-1-3-5-6;1-3-2/h1-6H3;1-5H,7H2;3H2,1-2H3. The quantitative estimate of drug-likeness (QED) is 0.372. The second kappa shape index (κ2) is 12.2. The van der Waals surface area contributed by atoms with E-state index in [4.69, 9.17) is 15.2 Å². The molecule has 0 unspecified atom stereocenters. The number of nitrogens with two attached hydrogens (primary N) is 1. The fourth-order valence-corrected chi connectivity index (χ4v) is 1.06. The summed E-state index contributed by atoms with van der Waals surface area (Å²) >= 11 is 0. The Morgan fingerprint density at radius 1 is 0.840 bits per heavy atom. The van der Waals surface area contributed by atoms with Crippen molar-refractivity contribution in [3.05, 3.63) is 30.3 Å². The highest BCUT2D eigenvalue weighted by Crippen LogP contribution is 2.11. The smallest absolute Gasteiger partial charge is 0.428 e. The van der Waals surface area contributed by atoms with Crippen LogP contribution in [0, 0.1) is 0 Å². The number of nitrogen functional groups attached to an aromatic ring is 1. The molecule has 0 saturated heterocycles. The topological polar surface area (TPSA) is 87.8 Å². The minimum atomic E-state index is -1.06. The third kappa shape index (κ3) is 21.8. The Bertz CT molecular complexity index is 461. The van der Waals surface area contributed by atoms with E-state index in [0.29, 0.717) is 0 Å². The zero-order chi connectivity index (χ0) is 20.1. The maximum atomic E-state index is 11.0. The summed E-state index contributed by atoms with van der Waals surface area (Å²) in [7, 11) is 0. The van der Waals surface area contributed by atoms with Crippen LogP contribution in [-0.4, -0.2) is 23.5 Å². The van der Waals surface area contributed by atoms with Gasteiger partial charge in [0.05, 0.1) is 0 Å². The number of rotatable bonds is 0. The number of para-hydroxylation sites is 1. The highest BCUT2D eigenvalue weighted by Gasteiger charge is 2.24. The van der Waals surface area contributed by atoms with Gasteiger partial charge in [0.25, 0.3) is 0 Å². The summed E-state index contributed by atoms with van der Waals surface area (Å²) in [5.74, 6) is 0. The molecule has 6 nitrogen and oxygen atoms in total. The van der Waals surface area contributed by atoms with E-state index in [2.05, 4.69) is 18.6 Å². The molecule has 0 atom stereocenters. The summed E-state index contributed by atoms with van der Waals surface area (Å²) in [6, 6.07) is 9.49. The summed E-state index contributed by atoms with van der Waals surface area (Å²) in [5.41, 5.74) is 4.79. The summed E-state index contributed by atoms with van der Waals surface area (Å²) in [6.07, 6.45) is -0.867. The van der Waals surface area contributed by atoms with Crippen LogP contribution in [0.3, 0.4) is 0 Å². The molecule has 0 aromatic heterocycles. The first-order valence-corrected chi connectivity index (χ1v) is 8.25. The molecule has 25 heavy (non-hydrogen) atoms. The molecular formula is C19H33NO5. The molecule has 1 aromatic rings. The van der Waals surface area contributed by atoms with Crippen LogP contribution in [-0.2, 0) is 14.2 Å². The van der Waals surface area contributed by atoms with Crippen molar-refractivity contribution in [3.63, 3.8) is 0 Å². The molecule has 0 heterocycles. The Morgan fingerprint density at radius 3 is 1.36 bits per heavy atom. The molecule has 1 rings (SSSR count). The van der Waals surface area contributed by atoms with Gasteiger partial charge < -0.3 is 19.9 Å². The molecular weight excluding hydrogens is 322 g/mol. The van der Waals surface area contributed by atoms with Gasteiger partial charge >= 0.3 is 12.3 Å². The van der Waals surface area contributed by atoms with Crippen LogP contribution in [0.15, 0.2) is 30.3 Å². The third-order valence-electron chi connectivity index (χ3n) is 1.75. The molecule has 0 fully saturated rings. The van der Waals surface area contributed by atoms with Gasteiger partial charge in [0.2, 0.25) is 0 Å². The minimum absolute atomic E-state index is 0.695. The number of hydrogen-bond acceptors (Lipinski definition) is 6. The molecule has 0 bridgehead atoms. The van der Waals surface area contributed by atoms with Crippen molar-refractivity contribution in [1.82, 2.24) is 0 Å². The predicted molar refractivity (Wildman–Crippen MR) is 100 cm³/mol. The Hall–Kier alpha value is -2.24. The number of carbonyl (C=O) groups excluding carboxylic acids is 2. The van der Waals surface area contributed by atoms with Crippen LogP contribution in [0.25, 0.3) is 0 Å². The van der Waals surface area contributed by atoms with Gasteiger partial charge in [0.1, 0.15) is 11.2 Å². The lowest BCUT2D eigenvalue weighted by molar-refractivity contribution is -0.0293. The zero-order valence-corrected chi connectivity index (χ0v) is 16.7. The molecule has 0 radical (unpaired) electrons. The maximum absolute atomic E-state index is 11.0. The van der Waals surface area contributed by atoms with Crippen molar-refractivity contribution < 1.29 is 23.8 Å². The maximum Gasteiger partial charge on any atom is 0.519 e. The Labute approximate surface area is 151 Å². The minimum Gasteiger partial charge on any atom is -0.428 e. The molecule has 0 aliphatic rings. The van der Waals surface area contributed by atoms with Crippen LogP contribution in [0.1, 0.15) is 61.8 Å². The lowest BCUT2D eigenvalue weighted by Crippen LogP contribution is -2.29. The van der Waals surface area contributed by atoms with E-state index in [1.54, 1.807) is 41.5 Å². The zero-order valence-electron chi connectivity index (χ0n) is 16.7. The normalized spacial score (nSPS) is 10.2. The number of ether oxygens (including phenoxy) is 3. The van der Waals surface area contributed by atoms with Gasteiger partial charge in [-0.3, -0.25) is 0 Å². The first kappa shape index (κ1) is 25.0. The third-order valence-corrected chi connectivity index (χ3v) is 1.75. The molecule has 0 spiro atoms. The monoisotopic (exact) mass is 355 g/mol. The van der Waals surface area contributed by atoms with Crippen molar-refractivity contribution in [2.45, 2.75) is 73.0 Å². The van der Waals surface area contributed by atoms with Crippen LogP contribution in [0.2, 0.25) is 0 Å². The highest BCUT2D eigenvalue weighted by molar-refractivity contribution is 5.77. The molecule has 2 N–H and O–H groups in total. The van der Waals surface area contributed by atoms with E-state index >= 15 is 0 Å². The fraction of sp³-hybridized carbons (Fsp3) is 0.579. The van der Waals surface area contributed by atoms with Gasteiger partial charge in [-0.1, -0.05) is 38.5 Å². The van der Waals surface area contributed by atoms with Crippen molar-refractivity contribution >= 4 is 18.0 Å². The van der Waals surface area contributed by atoms with Crippen molar-refractivity contribution in [2.75, 3.05) is 5.73 Å². The summed E-state index contributed by atoms with van der Waals surface area (Å²) < 4.78 is 13.8. The molecule has 144 valence electrons. The van der Waals surface area contributed by atoms with Gasteiger partial charge in [-0.25, -0.2) is 9.59 Å². The first-order valence-electron chi connectivity index (χ1n) is 8.25. The lowest BCUT2D eigenvalue weighted by atomic mass is 10.2. The first-order chi connectivity index (χ1) is 11.3. The van der Waals surface area contributed by atoms with Gasteiger partial charge in [0.15, 0.2) is 0 Å². The fourth-order valence-electron chi connectivity index (χ4n) is 1.06. The molecule has 1 aromatic carbocycles. The molecule has 0 aliphatic heterocycles.